The average Bonchev–Trinajstić information content (AvgIpc) is 3.50. The molecule has 2 N–H and O–H groups in total. The Morgan fingerprint density at radius 3 is 2.04 bits per heavy atom. The van der Waals surface area contributed by atoms with Crippen LogP contribution in [0.5, 0.6) is 0 Å². The zero-order chi connectivity index (χ0) is 33.4. The molecule has 1 saturated heterocycles. The lowest BCUT2D eigenvalue weighted by molar-refractivity contribution is -0.193. The second-order valence-electron chi connectivity index (χ2n) is 11.5. The molecule has 14 heteroatoms. The summed E-state index contributed by atoms with van der Waals surface area (Å²) >= 11 is 5.67. The number of likely N-dealkylation sites (tertiary alicyclic amines) is 1. The molecule has 246 valence electrons. The summed E-state index contributed by atoms with van der Waals surface area (Å²) < 4.78 is 113. The number of nitrogens with one attached hydrogen (secondary N) is 2. The molecule has 2 amide bonds. The lowest BCUT2D eigenvalue weighted by atomic mass is 9.78. The van der Waals surface area contributed by atoms with Crippen LogP contribution in [-0.2, 0) is 11.0 Å². The fourth-order valence-electron chi connectivity index (χ4n) is 6.17. The summed E-state index contributed by atoms with van der Waals surface area (Å²) in [6.45, 7) is -1.02. The average molecular weight is 674 g/mol. The number of rotatable bonds is 6. The van der Waals surface area contributed by atoms with Crippen LogP contribution in [0.1, 0.15) is 59.6 Å². The second-order valence-corrected chi connectivity index (χ2v) is 11.9. The number of benzene rings is 3. The molecule has 5 rings (SSSR count). The Morgan fingerprint density at radius 1 is 0.848 bits per heavy atom. The number of halogens is 9. The van der Waals surface area contributed by atoms with Gasteiger partial charge in [0.05, 0.1) is 28.5 Å². The summed E-state index contributed by atoms with van der Waals surface area (Å²) in [7, 11) is 0. The van der Waals surface area contributed by atoms with Crippen molar-refractivity contribution in [3.8, 4) is 0 Å². The molecule has 46 heavy (non-hydrogen) atoms. The number of carbonyl (C=O) groups is 2. The number of carbonyl (C=O) groups excluding carboxylic acids is 2. The Hall–Kier alpha value is -3.87. The first-order chi connectivity index (χ1) is 21.6. The van der Waals surface area contributed by atoms with Crippen LogP contribution < -0.4 is 10.6 Å². The first kappa shape index (κ1) is 33.5. The van der Waals surface area contributed by atoms with Crippen molar-refractivity contribution in [1.82, 2.24) is 4.90 Å². The summed E-state index contributed by atoms with van der Waals surface area (Å²) in [6.07, 6.45) is -6.69. The summed E-state index contributed by atoms with van der Waals surface area (Å²) in [5, 5.41) is 4.93. The zero-order valence-corrected chi connectivity index (χ0v) is 24.7. The van der Waals surface area contributed by atoms with Gasteiger partial charge in [-0.25, -0.2) is 8.78 Å². The van der Waals surface area contributed by atoms with Gasteiger partial charge < -0.3 is 15.5 Å². The summed E-state index contributed by atoms with van der Waals surface area (Å²) in [4.78, 5) is 28.0. The normalized spacial score (nSPS) is 20.9. The predicted octanol–water partition coefficient (Wildman–Crippen LogP) is 9.01. The van der Waals surface area contributed by atoms with Crippen molar-refractivity contribution < 1.29 is 44.7 Å². The van der Waals surface area contributed by atoms with E-state index in [1.807, 2.05) is 0 Å². The van der Waals surface area contributed by atoms with E-state index in [1.165, 1.54) is 12.1 Å². The third-order valence-electron chi connectivity index (χ3n) is 8.43. The van der Waals surface area contributed by atoms with Gasteiger partial charge in [-0.1, -0.05) is 42.6 Å². The van der Waals surface area contributed by atoms with Gasteiger partial charge in [0.25, 0.3) is 5.91 Å². The molecule has 0 aromatic heterocycles. The Bertz CT molecular complexity index is 1570. The van der Waals surface area contributed by atoms with Gasteiger partial charge in [-0.05, 0) is 67.3 Å². The van der Waals surface area contributed by atoms with Gasteiger partial charge in [0.1, 0.15) is 17.2 Å². The van der Waals surface area contributed by atoms with Crippen molar-refractivity contribution >= 4 is 34.8 Å². The van der Waals surface area contributed by atoms with Crippen molar-refractivity contribution in [2.45, 2.75) is 56.5 Å². The Kier molecular flexibility index (Phi) is 9.53. The van der Waals surface area contributed by atoms with E-state index in [4.69, 9.17) is 11.6 Å². The summed E-state index contributed by atoms with van der Waals surface area (Å²) in [6, 6.07) is 10.0. The lowest BCUT2D eigenvalue weighted by Gasteiger charge is -2.44. The van der Waals surface area contributed by atoms with Gasteiger partial charge in [-0.2, -0.15) is 26.3 Å². The van der Waals surface area contributed by atoms with E-state index < -0.39 is 88.5 Å². The Balaban J connectivity index is 1.57. The van der Waals surface area contributed by atoms with Gasteiger partial charge in [0.15, 0.2) is 0 Å². The molecular weight excluding hydrogens is 646 g/mol. The van der Waals surface area contributed by atoms with Crippen molar-refractivity contribution in [2.24, 2.45) is 11.8 Å². The maximum absolute atomic E-state index is 14.8. The van der Waals surface area contributed by atoms with Crippen LogP contribution in [0.4, 0.5) is 46.5 Å². The third-order valence-corrected chi connectivity index (χ3v) is 8.76. The monoisotopic (exact) mass is 673 g/mol. The van der Waals surface area contributed by atoms with Gasteiger partial charge in [-0.15, -0.1) is 0 Å². The molecule has 0 bridgehead atoms. The predicted molar refractivity (Wildman–Crippen MR) is 155 cm³/mol. The van der Waals surface area contributed by atoms with Gasteiger partial charge in [0, 0.05) is 24.0 Å². The highest BCUT2D eigenvalue weighted by molar-refractivity contribution is 6.31. The van der Waals surface area contributed by atoms with Crippen molar-refractivity contribution in [1.29, 1.82) is 0 Å². The summed E-state index contributed by atoms with van der Waals surface area (Å²) in [5.74, 6) is -9.15. The van der Waals surface area contributed by atoms with Crippen LogP contribution in [0, 0.1) is 23.5 Å². The highest BCUT2D eigenvalue weighted by Gasteiger charge is 2.52. The SMILES string of the molecule is O=C(Nc1ccc(Cl)c(C(F)(F)F)c1)[C@H]1C[C@@H](C(F)(F)F)CN(C(=O)c2c(F)cccc2F)[C@H]1c1ccc(NC2CCCC2)cc1. The quantitative estimate of drug-likeness (QED) is 0.257. The third kappa shape index (κ3) is 7.24. The van der Waals surface area contributed by atoms with Crippen LogP contribution >= 0.6 is 11.6 Å². The van der Waals surface area contributed by atoms with Crippen molar-refractivity contribution in [3.05, 3.63) is 94.0 Å². The molecule has 5 nitrogen and oxygen atoms in total. The van der Waals surface area contributed by atoms with Crippen molar-refractivity contribution in [3.63, 3.8) is 0 Å². The van der Waals surface area contributed by atoms with Crippen LogP contribution in [0.15, 0.2) is 60.7 Å². The van der Waals surface area contributed by atoms with E-state index in [9.17, 15) is 44.7 Å². The molecule has 1 aliphatic heterocycles. The number of hydrogen-bond acceptors (Lipinski definition) is 3. The number of nitrogens with zero attached hydrogens (tertiary/aromatic N) is 1. The minimum atomic E-state index is -4.94. The number of amides is 2. The molecule has 1 saturated carbocycles. The summed E-state index contributed by atoms with van der Waals surface area (Å²) in [5.41, 5.74) is -1.91. The van der Waals surface area contributed by atoms with E-state index in [0.717, 1.165) is 56.0 Å². The molecular formula is C32H28ClF8N3O2. The number of hydrogen-bond donors (Lipinski definition) is 2. The number of anilines is 2. The van der Waals surface area contributed by atoms with Gasteiger partial charge >= 0.3 is 12.4 Å². The molecule has 0 radical (unpaired) electrons. The minimum Gasteiger partial charge on any atom is -0.382 e. The molecule has 3 aromatic rings. The van der Waals surface area contributed by atoms with E-state index in [2.05, 4.69) is 10.6 Å². The lowest BCUT2D eigenvalue weighted by Crippen LogP contribution is -2.52. The van der Waals surface area contributed by atoms with E-state index in [1.54, 1.807) is 12.1 Å². The molecule has 0 unspecified atom stereocenters. The van der Waals surface area contributed by atoms with Crippen LogP contribution in [0.25, 0.3) is 0 Å². The first-order valence-electron chi connectivity index (χ1n) is 14.5. The van der Waals surface area contributed by atoms with Crippen LogP contribution in [0.2, 0.25) is 5.02 Å². The first-order valence-corrected chi connectivity index (χ1v) is 14.9. The number of piperidine rings is 1. The molecule has 2 fully saturated rings. The second kappa shape index (κ2) is 13.1. The highest BCUT2D eigenvalue weighted by atomic mass is 35.5. The van der Waals surface area contributed by atoms with E-state index >= 15 is 0 Å². The van der Waals surface area contributed by atoms with Gasteiger partial charge in [-0.3, -0.25) is 9.59 Å². The van der Waals surface area contributed by atoms with Gasteiger partial charge in [0.2, 0.25) is 5.91 Å². The topological polar surface area (TPSA) is 61.4 Å². The maximum Gasteiger partial charge on any atom is 0.417 e. The number of alkyl halides is 6. The van der Waals surface area contributed by atoms with Crippen LogP contribution in [0.3, 0.4) is 0 Å². The van der Waals surface area contributed by atoms with E-state index in [-0.39, 0.29) is 11.6 Å². The molecule has 1 aliphatic carbocycles. The minimum absolute atomic E-state index is 0.190. The molecule has 3 atom stereocenters. The fourth-order valence-corrected chi connectivity index (χ4v) is 6.40. The molecule has 2 aliphatic rings. The highest BCUT2D eigenvalue weighted by Crippen LogP contribution is 2.46. The van der Waals surface area contributed by atoms with Crippen molar-refractivity contribution in [2.75, 3.05) is 17.2 Å². The molecule has 3 aromatic carbocycles. The fraction of sp³-hybridized carbons (Fsp3) is 0.375. The molecule has 1 heterocycles. The van der Waals surface area contributed by atoms with E-state index in [0.29, 0.717) is 16.7 Å². The molecule has 0 spiro atoms. The Morgan fingerprint density at radius 2 is 1.46 bits per heavy atom. The maximum atomic E-state index is 14.8. The van der Waals surface area contributed by atoms with Crippen LogP contribution in [-0.4, -0.2) is 35.5 Å². The largest absolute Gasteiger partial charge is 0.417 e. The smallest absolute Gasteiger partial charge is 0.382 e. The standard InChI is InChI=1S/C32H28ClF8N3O2/c33-24-13-12-21(15-23(24)32(39,40)41)43-29(45)22-14-18(31(36,37)38)16-44(30(46)27-25(34)6-3-7-26(27)35)28(22)17-8-10-20(11-9-17)42-19-4-1-2-5-19/h3,6-13,15,18-19,22,28,42H,1-2,4-5,14,16H2,(H,43,45)/t18-,22+,28+/m1/s1. The zero-order valence-electron chi connectivity index (χ0n) is 24.0. The Labute approximate surface area is 263 Å².